The van der Waals surface area contributed by atoms with Gasteiger partial charge in [0, 0.05) is 47.9 Å². The molecule has 0 spiro atoms. The van der Waals surface area contributed by atoms with Gasteiger partial charge in [-0.3, -0.25) is 5.32 Å². The fourth-order valence-corrected chi connectivity index (χ4v) is 2.65. The Labute approximate surface area is 151 Å². The van der Waals surface area contributed by atoms with Gasteiger partial charge in [0.2, 0.25) is 0 Å². The first kappa shape index (κ1) is 16.6. The van der Waals surface area contributed by atoms with E-state index in [2.05, 4.69) is 11.4 Å². The molecule has 2 heterocycles. The third-order valence-corrected chi connectivity index (χ3v) is 3.78. The largest absolute Gasteiger partial charge is 0.438 e. The molecule has 2 aromatic rings. The number of cyclic esters (lactones) is 1. The van der Waals surface area contributed by atoms with E-state index in [4.69, 9.17) is 10.00 Å². The Bertz CT molecular complexity index is 787. The smallest absolute Gasteiger partial charge is 0.412 e. The summed E-state index contributed by atoms with van der Waals surface area (Å²) in [5.74, 6) is 0. The van der Waals surface area contributed by atoms with Gasteiger partial charge < -0.3 is 9.30 Å². The van der Waals surface area contributed by atoms with Crippen molar-refractivity contribution >= 4 is 41.3 Å². The van der Waals surface area contributed by atoms with Crippen LogP contribution in [0, 0.1) is 11.3 Å². The van der Waals surface area contributed by atoms with Crippen LogP contribution >= 0.6 is 0 Å². The molecule has 0 unspecified atom stereocenters. The van der Waals surface area contributed by atoms with Gasteiger partial charge >= 0.3 is 6.09 Å². The van der Waals surface area contributed by atoms with Gasteiger partial charge in [-0.05, 0) is 43.7 Å². The van der Waals surface area contributed by atoms with Crippen molar-refractivity contribution in [3.8, 4) is 17.3 Å². The normalized spacial score (nSPS) is 14.9. The van der Waals surface area contributed by atoms with Crippen molar-refractivity contribution < 1.29 is 9.53 Å². The number of nitriles is 1. The molecule has 0 atom stereocenters. The average Bonchev–Trinajstić information content (AvgIpc) is 2.78. The van der Waals surface area contributed by atoms with E-state index in [0.29, 0.717) is 5.69 Å². The third-order valence-electron chi connectivity index (χ3n) is 3.78. The van der Waals surface area contributed by atoms with Gasteiger partial charge in [-0.15, -0.1) is 0 Å². The Morgan fingerprint density at radius 2 is 2.00 bits per heavy atom. The van der Waals surface area contributed by atoms with E-state index in [0.717, 1.165) is 22.5 Å². The first-order chi connectivity index (χ1) is 9.92. The zero-order valence-corrected chi connectivity index (χ0v) is 15.1. The summed E-state index contributed by atoms with van der Waals surface area (Å²) in [6.45, 7) is 3.72. The Kier molecular flexibility index (Phi) is 4.39. The SMILES string of the molecule is Cn1c(C#N)ccc1-c1ccc2c(c1)C(C)(C)OC(=O)N2.[Na]. The minimum Gasteiger partial charge on any atom is -0.438 e. The van der Waals surface area contributed by atoms with Crippen LogP contribution in [0.1, 0.15) is 25.1 Å². The number of carbonyl (C=O) groups excluding carboxylic acids is 1. The Hall–Kier alpha value is -1.74. The molecule has 107 valence electrons. The van der Waals surface area contributed by atoms with Crippen LogP contribution in [0.25, 0.3) is 11.3 Å². The summed E-state index contributed by atoms with van der Waals surface area (Å²) in [5, 5.41) is 11.7. The number of fused-ring (bicyclic) bond motifs is 1. The Morgan fingerprint density at radius 1 is 1.27 bits per heavy atom. The quantitative estimate of drug-likeness (QED) is 0.824. The van der Waals surface area contributed by atoms with E-state index in [1.165, 1.54) is 0 Å². The van der Waals surface area contributed by atoms with Crippen molar-refractivity contribution in [1.82, 2.24) is 4.57 Å². The van der Waals surface area contributed by atoms with Crippen molar-refractivity contribution in [3.63, 3.8) is 0 Å². The molecule has 1 aromatic heterocycles. The molecule has 1 aliphatic rings. The fourth-order valence-electron chi connectivity index (χ4n) is 2.65. The Morgan fingerprint density at radius 3 is 2.64 bits per heavy atom. The van der Waals surface area contributed by atoms with Crippen LogP contribution in [0.3, 0.4) is 0 Å². The minimum absolute atomic E-state index is 0. The molecule has 6 heteroatoms. The number of nitrogens with zero attached hydrogens (tertiary/aromatic N) is 2. The molecule has 1 amide bonds. The molecule has 0 saturated carbocycles. The van der Waals surface area contributed by atoms with Crippen LogP contribution in [-0.2, 0) is 17.4 Å². The van der Waals surface area contributed by atoms with Crippen LogP contribution in [0.2, 0.25) is 0 Å². The van der Waals surface area contributed by atoms with Gasteiger partial charge in [-0.1, -0.05) is 6.07 Å². The number of aromatic nitrogens is 1. The number of benzene rings is 1. The van der Waals surface area contributed by atoms with E-state index < -0.39 is 11.7 Å². The van der Waals surface area contributed by atoms with Crippen molar-refractivity contribution in [1.29, 1.82) is 5.26 Å². The summed E-state index contributed by atoms with van der Waals surface area (Å²) >= 11 is 0. The van der Waals surface area contributed by atoms with Gasteiger partial charge in [-0.25, -0.2) is 4.79 Å². The van der Waals surface area contributed by atoms with Gasteiger partial charge in [0.1, 0.15) is 17.4 Å². The van der Waals surface area contributed by atoms with Gasteiger partial charge in [0.25, 0.3) is 0 Å². The molecule has 1 radical (unpaired) electrons. The second kappa shape index (κ2) is 5.81. The number of anilines is 1. The van der Waals surface area contributed by atoms with Gasteiger partial charge in [0.05, 0.1) is 5.69 Å². The molecule has 0 aliphatic carbocycles. The van der Waals surface area contributed by atoms with Crippen LogP contribution in [0.4, 0.5) is 10.5 Å². The summed E-state index contributed by atoms with van der Waals surface area (Å²) in [6, 6.07) is 11.6. The van der Waals surface area contributed by atoms with Crippen molar-refractivity contribution in [3.05, 3.63) is 41.6 Å². The number of rotatable bonds is 1. The maximum atomic E-state index is 11.5. The van der Waals surface area contributed by atoms with Crippen LogP contribution in [0.15, 0.2) is 30.3 Å². The molecule has 0 fully saturated rings. The molecule has 0 saturated heterocycles. The van der Waals surface area contributed by atoms with E-state index in [1.807, 2.05) is 49.7 Å². The van der Waals surface area contributed by atoms with Crippen molar-refractivity contribution in [2.24, 2.45) is 7.05 Å². The third kappa shape index (κ3) is 2.66. The Balaban J connectivity index is 0.00000176. The van der Waals surface area contributed by atoms with Crippen LogP contribution < -0.4 is 5.32 Å². The monoisotopic (exact) mass is 304 g/mol. The molecule has 1 N–H and O–H groups in total. The van der Waals surface area contributed by atoms with Crippen molar-refractivity contribution in [2.75, 3.05) is 5.32 Å². The average molecular weight is 304 g/mol. The molecule has 3 rings (SSSR count). The van der Waals surface area contributed by atoms with Gasteiger partial charge in [0.15, 0.2) is 0 Å². The predicted molar refractivity (Wildman–Crippen MR) is 84.4 cm³/mol. The summed E-state index contributed by atoms with van der Waals surface area (Å²) in [6.07, 6.45) is -0.439. The summed E-state index contributed by atoms with van der Waals surface area (Å²) in [7, 11) is 1.86. The number of hydrogen-bond acceptors (Lipinski definition) is 3. The fraction of sp³-hybridized carbons (Fsp3) is 0.250. The summed E-state index contributed by atoms with van der Waals surface area (Å²) < 4.78 is 7.18. The first-order valence-corrected chi connectivity index (χ1v) is 6.63. The number of ether oxygens (including phenoxy) is 1. The summed E-state index contributed by atoms with van der Waals surface area (Å²) in [4.78, 5) is 11.5. The molecular weight excluding hydrogens is 289 g/mol. The molecule has 1 aliphatic heterocycles. The number of nitrogens with one attached hydrogen (secondary N) is 1. The van der Waals surface area contributed by atoms with Gasteiger partial charge in [-0.2, -0.15) is 5.26 Å². The number of amides is 1. The number of carbonyl (C=O) groups is 1. The molecular formula is C16H15N3NaO2. The van der Waals surface area contributed by atoms with E-state index in [1.54, 1.807) is 6.07 Å². The van der Waals surface area contributed by atoms with Crippen LogP contribution in [-0.4, -0.2) is 40.2 Å². The van der Waals surface area contributed by atoms with Crippen LogP contribution in [0.5, 0.6) is 0 Å². The minimum atomic E-state index is -0.684. The zero-order valence-electron chi connectivity index (χ0n) is 13.1. The molecule has 1 aromatic carbocycles. The molecule has 5 nitrogen and oxygen atoms in total. The van der Waals surface area contributed by atoms with E-state index in [9.17, 15) is 4.79 Å². The second-order valence-electron chi connectivity index (χ2n) is 5.56. The first-order valence-electron chi connectivity index (χ1n) is 6.63. The number of hydrogen-bond donors (Lipinski definition) is 1. The second-order valence-corrected chi connectivity index (χ2v) is 5.56. The predicted octanol–water partition coefficient (Wildman–Crippen LogP) is 2.98. The molecule has 0 bridgehead atoms. The zero-order chi connectivity index (χ0) is 15.2. The maximum Gasteiger partial charge on any atom is 0.412 e. The summed E-state index contributed by atoms with van der Waals surface area (Å²) in [5.41, 5.74) is 3.52. The molecule has 22 heavy (non-hydrogen) atoms. The van der Waals surface area contributed by atoms with E-state index >= 15 is 0 Å². The topological polar surface area (TPSA) is 67.0 Å². The maximum absolute atomic E-state index is 11.5. The van der Waals surface area contributed by atoms with E-state index in [-0.39, 0.29) is 29.6 Å². The standard InChI is InChI=1S/C16H15N3O2.Na/c1-16(2)12-8-10(4-6-13(12)18-15(20)21-16)14-7-5-11(9-17)19(14)3;/h4-8H,1-3H3,(H,18,20);. The van der Waals surface area contributed by atoms with Crippen molar-refractivity contribution in [2.45, 2.75) is 19.4 Å².